The summed E-state index contributed by atoms with van der Waals surface area (Å²) < 4.78 is 1.90. The van der Waals surface area contributed by atoms with Crippen molar-refractivity contribution in [2.24, 2.45) is 0 Å². The van der Waals surface area contributed by atoms with Gasteiger partial charge in [-0.1, -0.05) is 30.3 Å². The molecule has 0 saturated heterocycles. The van der Waals surface area contributed by atoms with E-state index >= 15 is 0 Å². The van der Waals surface area contributed by atoms with E-state index in [2.05, 4.69) is 15.4 Å². The van der Waals surface area contributed by atoms with Crippen LogP contribution in [0.3, 0.4) is 0 Å². The van der Waals surface area contributed by atoms with Gasteiger partial charge in [-0.05, 0) is 48.2 Å². The first-order valence-corrected chi connectivity index (χ1v) is 9.79. The van der Waals surface area contributed by atoms with Crippen molar-refractivity contribution < 1.29 is 9.90 Å². The number of aromatic nitrogens is 5. The van der Waals surface area contributed by atoms with Gasteiger partial charge in [-0.2, -0.15) is 4.80 Å². The van der Waals surface area contributed by atoms with E-state index in [1.807, 2.05) is 41.8 Å². The number of carbonyl (C=O) groups is 1. The number of benzene rings is 2. The van der Waals surface area contributed by atoms with Gasteiger partial charge in [0.05, 0.1) is 12.1 Å². The van der Waals surface area contributed by atoms with Gasteiger partial charge in [-0.25, -0.2) is 4.79 Å². The Kier molecular flexibility index (Phi) is 4.20. The fraction of sp³-hybridized carbons (Fsp3) is 0.227. The molecule has 0 amide bonds. The quantitative estimate of drug-likeness (QED) is 0.564. The average molecular weight is 401 g/mol. The second-order valence-electron chi connectivity index (χ2n) is 7.59. The zero-order valence-corrected chi connectivity index (χ0v) is 16.3. The maximum Gasteiger partial charge on any atom is 0.341 e. The lowest BCUT2D eigenvalue weighted by atomic mass is 9.92. The normalized spacial score (nSPS) is 15.4. The largest absolute Gasteiger partial charge is 0.477 e. The van der Waals surface area contributed by atoms with Gasteiger partial charge in [0.15, 0.2) is 0 Å². The molecule has 0 fully saturated rings. The monoisotopic (exact) mass is 401 g/mol. The van der Waals surface area contributed by atoms with Gasteiger partial charge in [0.2, 0.25) is 11.3 Å². The third kappa shape index (κ3) is 2.88. The fourth-order valence-corrected chi connectivity index (χ4v) is 4.14. The van der Waals surface area contributed by atoms with Crippen molar-refractivity contribution >= 4 is 16.9 Å². The van der Waals surface area contributed by atoms with Crippen molar-refractivity contribution in [3.63, 3.8) is 0 Å². The molecule has 0 radical (unpaired) electrons. The van der Waals surface area contributed by atoms with E-state index in [1.165, 1.54) is 6.20 Å². The first-order valence-electron chi connectivity index (χ1n) is 9.79. The molecule has 0 spiro atoms. The Morgan fingerprint density at radius 1 is 1.20 bits per heavy atom. The summed E-state index contributed by atoms with van der Waals surface area (Å²) in [5.74, 6) is -0.710. The highest BCUT2D eigenvalue weighted by molar-refractivity contribution is 5.95. The molecule has 1 N–H and O–H groups in total. The van der Waals surface area contributed by atoms with Crippen LogP contribution in [0.4, 0.5) is 0 Å². The molecule has 2 aromatic heterocycles. The first kappa shape index (κ1) is 18.2. The summed E-state index contributed by atoms with van der Waals surface area (Å²) in [6.45, 7) is 2.54. The molecule has 0 bridgehead atoms. The number of aryl methyl sites for hydroxylation is 1. The van der Waals surface area contributed by atoms with Crippen molar-refractivity contribution in [3.05, 3.63) is 75.6 Å². The number of carboxylic acid groups (broad SMARTS) is 1. The number of hydrogen-bond acceptors (Lipinski definition) is 5. The summed E-state index contributed by atoms with van der Waals surface area (Å²) in [6, 6.07) is 13.5. The van der Waals surface area contributed by atoms with Gasteiger partial charge in [0, 0.05) is 23.2 Å². The zero-order chi connectivity index (χ0) is 20.8. The average Bonchev–Trinajstić information content (AvgIpc) is 3.20. The molecule has 8 nitrogen and oxygen atoms in total. The predicted octanol–water partition coefficient (Wildman–Crippen LogP) is 2.91. The van der Waals surface area contributed by atoms with Crippen LogP contribution < -0.4 is 5.43 Å². The maximum atomic E-state index is 12.7. The fourth-order valence-electron chi connectivity index (χ4n) is 4.14. The lowest BCUT2D eigenvalue weighted by Gasteiger charge is -2.27. The van der Waals surface area contributed by atoms with Crippen molar-refractivity contribution in [1.82, 2.24) is 24.8 Å². The van der Waals surface area contributed by atoms with E-state index in [-0.39, 0.29) is 11.6 Å². The molecule has 1 unspecified atom stereocenters. The number of nitrogens with zero attached hydrogens (tertiary/aromatic N) is 5. The second kappa shape index (κ2) is 6.91. The van der Waals surface area contributed by atoms with Crippen LogP contribution in [-0.4, -0.2) is 35.9 Å². The van der Waals surface area contributed by atoms with Gasteiger partial charge in [0.1, 0.15) is 5.56 Å². The number of rotatable bonds is 4. The van der Waals surface area contributed by atoms with Gasteiger partial charge >= 0.3 is 5.97 Å². The second-order valence-corrected chi connectivity index (χ2v) is 7.59. The number of hydrogen-bond donors (Lipinski definition) is 1. The Hall–Kier alpha value is -3.81. The van der Waals surface area contributed by atoms with Gasteiger partial charge in [-0.15, -0.1) is 10.2 Å². The van der Waals surface area contributed by atoms with E-state index in [0.29, 0.717) is 17.8 Å². The molecule has 1 aliphatic rings. The lowest BCUT2D eigenvalue weighted by molar-refractivity contribution is 0.0694. The van der Waals surface area contributed by atoms with Crippen LogP contribution in [0.2, 0.25) is 0 Å². The summed E-state index contributed by atoms with van der Waals surface area (Å²) in [5.41, 5.74) is 2.95. The van der Waals surface area contributed by atoms with Gasteiger partial charge in [0.25, 0.3) is 0 Å². The SMILES string of the molecule is CC1CCc2c(-c3nnn(Cc4ccccc4)n3)ccc3c(=O)c(C(=O)O)cn1c23. The number of tetrazole rings is 1. The van der Waals surface area contributed by atoms with Crippen LogP contribution in [0.5, 0.6) is 0 Å². The van der Waals surface area contributed by atoms with Gasteiger partial charge < -0.3 is 9.67 Å². The Morgan fingerprint density at radius 2 is 2.00 bits per heavy atom. The molecule has 1 atom stereocenters. The Morgan fingerprint density at radius 3 is 2.77 bits per heavy atom. The Balaban J connectivity index is 1.65. The molecule has 0 saturated carbocycles. The molecule has 30 heavy (non-hydrogen) atoms. The van der Waals surface area contributed by atoms with Crippen LogP contribution in [0, 0.1) is 0 Å². The highest BCUT2D eigenvalue weighted by Crippen LogP contribution is 2.35. The molecule has 1 aliphatic heterocycles. The highest BCUT2D eigenvalue weighted by Gasteiger charge is 2.26. The molecule has 8 heteroatoms. The molecule has 5 rings (SSSR count). The van der Waals surface area contributed by atoms with E-state index in [9.17, 15) is 14.7 Å². The lowest BCUT2D eigenvalue weighted by Crippen LogP contribution is -2.24. The van der Waals surface area contributed by atoms with Crippen LogP contribution in [0.1, 0.15) is 40.9 Å². The van der Waals surface area contributed by atoms with Crippen molar-refractivity contribution in [3.8, 4) is 11.4 Å². The summed E-state index contributed by atoms with van der Waals surface area (Å²) in [7, 11) is 0. The smallest absolute Gasteiger partial charge is 0.341 e. The topological polar surface area (TPSA) is 103 Å². The van der Waals surface area contributed by atoms with Crippen LogP contribution in [0.25, 0.3) is 22.3 Å². The molecule has 150 valence electrons. The standard InChI is InChI=1S/C22H19N5O3/c1-13-7-8-15-16(21-23-25-27(24-21)11-14-5-3-2-4-6-14)9-10-17-19(15)26(13)12-18(20(17)28)22(29)30/h2-6,9-10,12-13H,7-8,11H2,1H3,(H,29,30). The number of carboxylic acids is 1. The van der Waals surface area contributed by atoms with Crippen LogP contribution in [-0.2, 0) is 13.0 Å². The van der Waals surface area contributed by atoms with E-state index in [1.54, 1.807) is 16.9 Å². The Bertz CT molecular complexity index is 1340. The Labute approximate surface area is 171 Å². The molecule has 3 heterocycles. The molecular weight excluding hydrogens is 382 g/mol. The van der Waals surface area contributed by atoms with Crippen molar-refractivity contribution in [1.29, 1.82) is 0 Å². The number of pyridine rings is 1. The maximum absolute atomic E-state index is 12.7. The van der Waals surface area contributed by atoms with E-state index < -0.39 is 11.4 Å². The van der Waals surface area contributed by atoms with E-state index in [0.717, 1.165) is 35.0 Å². The van der Waals surface area contributed by atoms with Crippen LogP contribution >= 0.6 is 0 Å². The van der Waals surface area contributed by atoms with Crippen LogP contribution in [0.15, 0.2) is 53.5 Å². The molecule has 2 aromatic carbocycles. The van der Waals surface area contributed by atoms with E-state index in [4.69, 9.17) is 0 Å². The molecule has 0 aliphatic carbocycles. The summed E-state index contributed by atoms with van der Waals surface area (Å²) >= 11 is 0. The molecule has 4 aromatic rings. The minimum Gasteiger partial charge on any atom is -0.477 e. The first-order chi connectivity index (χ1) is 14.5. The highest BCUT2D eigenvalue weighted by atomic mass is 16.4. The third-order valence-electron chi connectivity index (χ3n) is 5.68. The van der Waals surface area contributed by atoms with Crippen molar-refractivity contribution in [2.45, 2.75) is 32.4 Å². The summed E-state index contributed by atoms with van der Waals surface area (Å²) in [6.07, 6.45) is 3.05. The molecular formula is C22H19N5O3. The minimum absolute atomic E-state index is 0.0932. The third-order valence-corrected chi connectivity index (χ3v) is 5.68. The zero-order valence-electron chi connectivity index (χ0n) is 16.3. The summed E-state index contributed by atoms with van der Waals surface area (Å²) in [4.78, 5) is 25.8. The summed E-state index contributed by atoms with van der Waals surface area (Å²) in [5, 5.41) is 22.8. The van der Waals surface area contributed by atoms with Gasteiger partial charge in [-0.3, -0.25) is 4.79 Å². The minimum atomic E-state index is -1.21. The van der Waals surface area contributed by atoms with Crippen molar-refractivity contribution in [2.75, 3.05) is 0 Å². The number of aromatic carboxylic acids is 1. The predicted molar refractivity (Wildman–Crippen MR) is 111 cm³/mol.